The number of rotatable bonds is 2. The number of thioether (sulfide) groups is 2. The maximum atomic E-state index is 10.4. The standard InChI is InChI=1S/C9H9NO2S2/c11-10(12)8-3-1-7(2-4-8)9-13-5-6-14-9/h1-4,9H,5-6H2. The van der Waals surface area contributed by atoms with Gasteiger partial charge in [0.1, 0.15) is 0 Å². The summed E-state index contributed by atoms with van der Waals surface area (Å²) in [6.07, 6.45) is 0. The van der Waals surface area contributed by atoms with Crippen LogP contribution in [0.2, 0.25) is 0 Å². The first-order valence-electron chi connectivity index (χ1n) is 4.25. The molecule has 1 aliphatic heterocycles. The molecule has 5 heteroatoms. The Labute approximate surface area is 90.4 Å². The minimum absolute atomic E-state index is 0.168. The number of nitro benzene ring substituents is 1. The van der Waals surface area contributed by atoms with Gasteiger partial charge in [0.05, 0.1) is 9.51 Å². The lowest BCUT2D eigenvalue weighted by molar-refractivity contribution is -0.384. The fraction of sp³-hybridized carbons (Fsp3) is 0.333. The predicted molar refractivity (Wildman–Crippen MR) is 60.8 cm³/mol. The van der Waals surface area contributed by atoms with Crippen molar-refractivity contribution in [3.8, 4) is 0 Å². The molecular weight excluding hydrogens is 218 g/mol. The highest BCUT2D eigenvalue weighted by molar-refractivity contribution is 8.19. The van der Waals surface area contributed by atoms with Crippen LogP contribution in [0.25, 0.3) is 0 Å². The van der Waals surface area contributed by atoms with Gasteiger partial charge >= 0.3 is 0 Å². The first kappa shape index (κ1) is 9.86. The molecule has 1 fully saturated rings. The van der Waals surface area contributed by atoms with Crippen LogP contribution >= 0.6 is 23.5 Å². The zero-order chi connectivity index (χ0) is 9.97. The molecule has 2 rings (SSSR count). The third-order valence-corrected chi connectivity index (χ3v) is 5.10. The summed E-state index contributed by atoms with van der Waals surface area (Å²) < 4.78 is 0.468. The second kappa shape index (κ2) is 4.23. The number of hydrogen-bond donors (Lipinski definition) is 0. The van der Waals surface area contributed by atoms with E-state index in [0.29, 0.717) is 4.58 Å². The van der Waals surface area contributed by atoms with Gasteiger partial charge in [-0.1, -0.05) is 12.1 Å². The molecule has 14 heavy (non-hydrogen) atoms. The van der Waals surface area contributed by atoms with Crippen LogP contribution in [-0.2, 0) is 0 Å². The molecule has 0 unspecified atom stereocenters. The third kappa shape index (κ3) is 2.04. The minimum atomic E-state index is -0.362. The Morgan fingerprint density at radius 3 is 2.29 bits per heavy atom. The summed E-state index contributed by atoms with van der Waals surface area (Å²) in [4.78, 5) is 10.1. The second-order valence-electron chi connectivity index (χ2n) is 2.92. The van der Waals surface area contributed by atoms with Crippen LogP contribution in [-0.4, -0.2) is 16.4 Å². The Bertz CT molecular complexity index is 333. The zero-order valence-electron chi connectivity index (χ0n) is 7.38. The van der Waals surface area contributed by atoms with E-state index in [9.17, 15) is 10.1 Å². The van der Waals surface area contributed by atoms with Crippen molar-refractivity contribution >= 4 is 29.2 Å². The van der Waals surface area contributed by atoms with Gasteiger partial charge in [-0.2, -0.15) is 0 Å². The van der Waals surface area contributed by atoms with Crippen molar-refractivity contribution in [3.05, 3.63) is 39.9 Å². The summed E-state index contributed by atoms with van der Waals surface area (Å²) in [5.74, 6) is 2.35. The number of benzene rings is 1. The molecule has 3 nitrogen and oxygen atoms in total. The molecule has 0 radical (unpaired) electrons. The van der Waals surface area contributed by atoms with Crippen molar-refractivity contribution in [3.63, 3.8) is 0 Å². The fourth-order valence-corrected chi connectivity index (χ4v) is 4.16. The largest absolute Gasteiger partial charge is 0.269 e. The van der Waals surface area contributed by atoms with E-state index in [2.05, 4.69) is 0 Å². The van der Waals surface area contributed by atoms with E-state index in [-0.39, 0.29) is 10.6 Å². The number of hydrogen-bond acceptors (Lipinski definition) is 4. The number of non-ortho nitro benzene ring substituents is 1. The first-order chi connectivity index (χ1) is 6.77. The van der Waals surface area contributed by atoms with Gasteiger partial charge in [-0.15, -0.1) is 23.5 Å². The number of nitrogens with zero attached hydrogens (tertiary/aromatic N) is 1. The molecule has 1 aromatic carbocycles. The van der Waals surface area contributed by atoms with Crippen molar-refractivity contribution in [2.75, 3.05) is 11.5 Å². The van der Waals surface area contributed by atoms with E-state index in [1.54, 1.807) is 12.1 Å². The lowest BCUT2D eigenvalue weighted by Gasteiger charge is -2.06. The van der Waals surface area contributed by atoms with Crippen LogP contribution in [0.3, 0.4) is 0 Å². The van der Waals surface area contributed by atoms with Crippen molar-refractivity contribution in [2.45, 2.75) is 4.58 Å². The summed E-state index contributed by atoms with van der Waals surface area (Å²) in [7, 11) is 0. The lowest BCUT2D eigenvalue weighted by Crippen LogP contribution is -1.89. The summed E-state index contributed by atoms with van der Waals surface area (Å²) in [6.45, 7) is 0. The van der Waals surface area contributed by atoms with Gasteiger partial charge in [0, 0.05) is 23.6 Å². The van der Waals surface area contributed by atoms with Crippen molar-refractivity contribution in [1.82, 2.24) is 0 Å². The SMILES string of the molecule is O=[N+]([O-])c1ccc(C2SCCS2)cc1. The van der Waals surface area contributed by atoms with E-state index < -0.39 is 0 Å². The topological polar surface area (TPSA) is 43.1 Å². The summed E-state index contributed by atoms with van der Waals surface area (Å²) in [5, 5.41) is 10.4. The average Bonchev–Trinajstić information content (AvgIpc) is 2.71. The molecule has 1 aromatic rings. The first-order valence-corrected chi connectivity index (χ1v) is 6.35. The van der Waals surface area contributed by atoms with Gasteiger partial charge in [-0.3, -0.25) is 10.1 Å². The highest BCUT2D eigenvalue weighted by Crippen LogP contribution is 2.45. The molecule has 74 valence electrons. The molecule has 0 saturated carbocycles. The van der Waals surface area contributed by atoms with Crippen LogP contribution in [0.15, 0.2) is 24.3 Å². The van der Waals surface area contributed by atoms with Crippen molar-refractivity contribution in [1.29, 1.82) is 0 Å². The van der Waals surface area contributed by atoms with Gasteiger partial charge in [0.15, 0.2) is 0 Å². The fourth-order valence-electron chi connectivity index (χ4n) is 1.30. The highest BCUT2D eigenvalue weighted by atomic mass is 32.2. The molecule has 1 saturated heterocycles. The minimum Gasteiger partial charge on any atom is -0.258 e. The Morgan fingerprint density at radius 2 is 1.79 bits per heavy atom. The summed E-state index contributed by atoms with van der Waals surface area (Å²) in [6, 6.07) is 6.87. The van der Waals surface area contributed by atoms with Crippen LogP contribution < -0.4 is 0 Å². The van der Waals surface area contributed by atoms with Gasteiger partial charge in [0.2, 0.25) is 0 Å². The van der Waals surface area contributed by atoms with Crippen LogP contribution in [0.1, 0.15) is 10.1 Å². The van der Waals surface area contributed by atoms with Crippen LogP contribution in [0, 0.1) is 10.1 Å². The third-order valence-electron chi connectivity index (χ3n) is 2.00. The van der Waals surface area contributed by atoms with Gasteiger partial charge < -0.3 is 0 Å². The maximum absolute atomic E-state index is 10.4. The number of nitro groups is 1. The van der Waals surface area contributed by atoms with E-state index >= 15 is 0 Å². The normalized spacial score (nSPS) is 17.1. The smallest absolute Gasteiger partial charge is 0.258 e. The van der Waals surface area contributed by atoms with Gasteiger partial charge in [-0.25, -0.2) is 0 Å². The molecule has 0 aromatic heterocycles. The summed E-state index contributed by atoms with van der Waals surface area (Å²) >= 11 is 3.81. The quantitative estimate of drug-likeness (QED) is 0.575. The lowest BCUT2D eigenvalue weighted by atomic mass is 10.2. The Balaban J connectivity index is 2.16. The molecule has 0 aliphatic carbocycles. The zero-order valence-corrected chi connectivity index (χ0v) is 9.01. The van der Waals surface area contributed by atoms with Crippen LogP contribution in [0.5, 0.6) is 0 Å². The van der Waals surface area contributed by atoms with Crippen molar-refractivity contribution < 1.29 is 4.92 Å². The monoisotopic (exact) mass is 227 g/mol. The van der Waals surface area contributed by atoms with Gasteiger partial charge in [0.25, 0.3) is 5.69 Å². The molecule has 0 N–H and O–H groups in total. The second-order valence-corrected chi connectivity index (χ2v) is 5.65. The molecule has 0 atom stereocenters. The Kier molecular flexibility index (Phi) is 2.98. The van der Waals surface area contributed by atoms with Crippen molar-refractivity contribution in [2.24, 2.45) is 0 Å². The molecule has 1 heterocycles. The van der Waals surface area contributed by atoms with E-state index in [1.165, 1.54) is 17.1 Å². The predicted octanol–water partition coefficient (Wildman–Crippen LogP) is 3.07. The Morgan fingerprint density at radius 1 is 1.21 bits per heavy atom. The molecule has 0 amide bonds. The molecule has 0 bridgehead atoms. The molecule has 0 spiro atoms. The Hall–Kier alpha value is -0.680. The highest BCUT2D eigenvalue weighted by Gasteiger charge is 2.18. The average molecular weight is 227 g/mol. The maximum Gasteiger partial charge on any atom is 0.269 e. The van der Waals surface area contributed by atoms with E-state index in [1.807, 2.05) is 35.7 Å². The van der Waals surface area contributed by atoms with E-state index in [4.69, 9.17) is 0 Å². The molecule has 1 aliphatic rings. The molecular formula is C9H9NO2S2. The van der Waals surface area contributed by atoms with Crippen LogP contribution in [0.4, 0.5) is 5.69 Å². The van der Waals surface area contributed by atoms with Gasteiger partial charge in [-0.05, 0) is 5.56 Å². The van der Waals surface area contributed by atoms with E-state index in [0.717, 1.165) is 0 Å². The summed E-state index contributed by atoms with van der Waals surface area (Å²) in [5.41, 5.74) is 1.35.